The Morgan fingerprint density at radius 1 is 0.897 bits per heavy atom. The number of nitrogens with one attached hydrogen (secondary N) is 2. The van der Waals surface area contributed by atoms with E-state index in [-0.39, 0.29) is 25.9 Å². The van der Waals surface area contributed by atoms with E-state index in [0.717, 1.165) is 16.7 Å². The van der Waals surface area contributed by atoms with Gasteiger partial charge in [-0.25, -0.2) is 5.43 Å². The van der Waals surface area contributed by atoms with Crippen LogP contribution in [-0.4, -0.2) is 31.4 Å². The van der Waals surface area contributed by atoms with Crippen molar-refractivity contribution in [1.82, 2.24) is 10.7 Å². The highest BCUT2D eigenvalue weighted by Gasteiger charge is 2.17. The first-order chi connectivity index (χ1) is 19.1. The number of rotatable bonds is 9. The number of para-hydroxylation sites is 1. The standard InChI is InChI=1S/C30H24ClN3O5/c31-25-15-28-27(38-19-39-28)14-24(25)18-37-26-9-5-4-8-23(26)16-33-34-29(35)17-32-30(36)22-12-10-21(11-13-22)20-6-2-1-3-7-20/h1-16H,17-19H2,(H,32,36)(H,34,35)/b33-16+. The Labute approximate surface area is 230 Å². The molecule has 2 N–H and O–H groups in total. The van der Waals surface area contributed by atoms with E-state index in [1.54, 1.807) is 36.4 Å². The minimum absolute atomic E-state index is 0.159. The molecule has 0 aromatic heterocycles. The zero-order chi connectivity index (χ0) is 27.0. The summed E-state index contributed by atoms with van der Waals surface area (Å²) in [7, 11) is 0. The predicted molar refractivity (Wildman–Crippen MR) is 148 cm³/mol. The van der Waals surface area contributed by atoms with Gasteiger partial charge in [0, 0.05) is 22.8 Å². The molecule has 0 unspecified atom stereocenters. The number of hydrogen-bond donors (Lipinski definition) is 2. The zero-order valence-corrected chi connectivity index (χ0v) is 21.5. The first-order valence-electron chi connectivity index (χ1n) is 12.1. The summed E-state index contributed by atoms with van der Waals surface area (Å²) in [6, 6.07) is 27.8. The minimum Gasteiger partial charge on any atom is -0.488 e. The molecule has 0 aliphatic carbocycles. The van der Waals surface area contributed by atoms with Crippen LogP contribution in [0.5, 0.6) is 17.2 Å². The van der Waals surface area contributed by atoms with E-state index >= 15 is 0 Å². The summed E-state index contributed by atoms with van der Waals surface area (Å²) in [6.45, 7) is 0.134. The van der Waals surface area contributed by atoms with E-state index in [4.69, 9.17) is 25.8 Å². The molecule has 1 aliphatic rings. The lowest BCUT2D eigenvalue weighted by Crippen LogP contribution is -2.34. The summed E-state index contributed by atoms with van der Waals surface area (Å²) in [5.41, 5.74) is 6.33. The number of carbonyl (C=O) groups excluding carboxylic acids is 2. The summed E-state index contributed by atoms with van der Waals surface area (Å²) < 4.78 is 16.7. The maximum Gasteiger partial charge on any atom is 0.259 e. The van der Waals surface area contributed by atoms with Crippen molar-refractivity contribution >= 4 is 29.6 Å². The van der Waals surface area contributed by atoms with Crippen molar-refractivity contribution in [1.29, 1.82) is 0 Å². The van der Waals surface area contributed by atoms with Gasteiger partial charge in [-0.2, -0.15) is 5.10 Å². The lowest BCUT2D eigenvalue weighted by atomic mass is 10.0. The number of hydrazone groups is 1. The van der Waals surface area contributed by atoms with Crippen LogP contribution in [0.25, 0.3) is 11.1 Å². The normalized spacial score (nSPS) is 11.8. The van der Waals surface area contributed by atoms with E-state index < -0.39 is 5.91 Å². The highest BCUT2D eigenvalue weighted by molar-refractivity contribution is 6.31. The molecular weight excluding hydrogens is 518 g/mol. The van der Waals surface area contributed by atoms with Crippen molar-refractivity contribution in [2.24, 2.45) is 5.10 Å². The number of fused-ring (bicyclic) bond motifs is 1. The van der Waals surface area contributed by atoms with Gasteiger partial charge in [0.2, 0.25) is 6.79 Å². The van der Waals surface area contributed by atoms with E-state index in [1.807, 2.05) is 54.6 Å². The molecule has 0 saturated heterocycles. The van der Waals surface area contributed by atoms with Gasteiger partial charge in [-0.3, -0.25) is 9.59 Å². The Bertz CT molecular complexity index is 1510. The topological polar surface area (TPSA) is 98.3 Å². The second kappa shape index (κ2) is 12.1. The number of hydrogen-bond acceptors (Lipinski definition) is 6. The summed E-state index contributed by atoms with van der Waals surface area (Å²) in [5.74, 6) is 0.952. The fourth-order valence-corrected chi connectivity index (χ4v) is 4.07. The summed E-state index contributed by atoms with van der Waals surface area (Å²) >= 11 is 6.34. The van der Waals surface area contributed by atoms with Gasteiger partial charge < -0.3 is 19.5 Å². The van der Waals surface area contributed by atoms with Crippen LogP contribution < -0.4 is 25.0 Å². The zero-order valence-electron chi connectivity index (χ0n) is 20.7. The lowest BCUT2D eigenvalue weighted by molar-refractivity contribution is -0.120. The van der Waals surface area contributed by atoms with Gasteiger partial charge in [-0.05, 0) is 41.5 Å². The SMILES string of the molecule is O=C(CNC(=O)c1ccc(-c2ccccc2)cc1)N/N=C/c1ccccc1OCc1cc2c(cc1Cl)OCO2. The van der Waals surface area contributed by atoms with Gasteiger partial charge in [0.1, 0.15) is 12.4 Å². The molecule has 0 bridgehead atoms. The molecule has 9 heteroatoms. The molecule has 0 atom stereocenters. The number of amides is 2. The van der Waals surface area contributed by atoms with E-state index in [2.05, 4.69) is 15.8 Å². The molecule has 39 heavy (non-hydrogen) atoms. The van der Waals surface area contributed by atoms with Gasteiger partial charge in [0.05, 0.1) is 17.8 Å². The molecule has 1 heterocycles. The third-order valence-corrected chi connectivity index (χ3v) is 6.25. The van der Waals surface area contributed by atoms with Crippen LogP contribution in [0.15, 0.2) is 96.1 Å². The van der Waals surface area contributed by atoms with Gasteiger partial charge in [-0.15, -0.1) is 0 Å². The van der Waals surface area contributed by atoms with Crippen LogP contribution in [0.4, 0.5) is 0 Å². The molecule has 1 aliphatic heterocycles. The molecule has 0 fully saturated rings. The second-order valence-corrected chi connectivity index (χ2v) is 8.95. The molecular formula is C30H24ClN3O5. The molecule has 0 spiro atoms. The van der Waals surface area contributed by atoms with Crippen molar-refractivity contribution in [2.75, 3.05) is 13.3 Å². The van der Waals surface area contributed by atoms with Crippen molar-refractivity contribution < 1.29 is 23.8 Å². The van der Waals surface area contributed by atoms with Gasteiger partial charge >= 0.3 is 0 Å². The Kier molecular flexibility index (Phi) is 8.04. The van der Waals surface area contributed by atoms with Crippen molar-refractivity contribution in [3.8, 4) is 28.4 Å². The van der Waals surface area contributed by atoms with Crippen molar-refractivity contribution in [3.63, 3.8) is 0 Å². The molecule has 5 rings (SSSR count). The van der Waals surface area contributed by atoms with E-state index in [9.17, 15) is 9.59 Å². The largest absolute Gasteiger partial charge is 0.488 e. The van der Waals surface area contributed by atoms with E-state index in [0.29, 0.717) is 33.4 Å². The molecule has 4 aromatic carbocycles. The molecule has 0 radical (unpaired) electrons. The number of nitrogens with zero attached hydrogens (tertiary/aromatic N) is 1. The Morgan fingerprint density at radius 3 is 2.38 bits per heavy atom. The van der Waals surface area contributed by atoms with Crippen LogP contribution in [0, 0.1) is 0 Å². The Balaban J connectivity index is 1.12. The molecule has 8 nitrogen and oxygen atoms in total. The lowest BCUT2D eigenvalue weighted by Gasteiger charge is -2.11. The van der Waals surface area contributed by atoms with Crippen LogP contribution in [0.2, 0.25) is 5.02 Å². The summed E-state index contributed by atoms with van der Waals surface area (Å²) in [5, 5.41) is 7.10. The number of ether oxygens (including phenoxy) is 3. The average Bonchev–Trinajstić information content (AvgIpc) is 3.43. The highest BCUT2D eigenvalue weighted by Crippen LogP contribution is 2.37. The minimum atomic E-state index is -0.467. The quantitative estimate of drug-likeness (QED) is 0.224. The second-order valence-electron chi connectivity index (χ2n) is 8.54. The number of carbonyl (C=O) groups is 2. The van der Waals surface area contributed by atoms with Crippen molar-refractivity contribution in [2.45, 2.75) is 6.61 Å². The first kappa shape index (κ1) is 25.8. The van der Waals surface area contributed by atoms with Crippen LogP contribution in [0.3, 0.4) is 0 Å². The molecule has 196 valence electrons. The molecule has 0 saturated carbocycles. The average molecular weight is 542 g/mol. The molecule has 4 aromatic rings. The number of benzene rings is 4. The fourth-order valence-electron chi connectivity index (χ4n) is 3.86. The van der Waals surface area contributed by atoms with Gasteiger partial charge in [-0.1, -0.05) is 66.2 Å². The summed E-state index contributed by atoms with van der Waals surface area (Å²) in [4.78, 5) is 24.7. The smallest absolute Gasteiger partial charge is 0.259 e. The van der Waals surface area contributed by atoms with E-state index in [1.165, 1.54) is 6.21 Å². The fraction of sp³-hybridized carbons (Fsp3) is 0.100. The first-order valence-corrected chi connectivity index (χ1v) is 12.5. The van der Waals surface area contributed by atoms with Gasteiger partial charge in [0.15, 0.2) is 11.5 Å². The Morgan fingerprint density at radius 2 is 1.59 bits per heavy atom. The van der Waals surface area contributed by atoms with Crippen molar-refractivity contribution in [3.05, 3.63) is 113 Å². The third kappa shape index (κ3) is 6.55. The third-order valence-electron chi connectivity index (χ3n) is 5.90. The monoisotopic (exact) mass is 541 g/mol. The highest BCUT2D eigenvalue weighted by atomic mass is 35.5. The maximum absolute atomic E-state index is 12.4. The summed E-state index contributed by atoms with van der Waals surface area (Å²) in [6.07, 6.45) is 1.47. The molecule has 2 amide bonds. The maximum atomic E-state index is 12.4. The predicted octanol–water partition coefficient (Wildman–Crippen LogP) is 5.19. The number of halogens is 1. The van der Waals surface area contributed by atoms with Gasteiger partial charge in [0.25, 0.3) is 11.8 Å². The van der Waals surface area contributed by atoms with Crippen LogP contribution in [0.1, 0.15) is 21.5 Å². The Hall–Kier alpha value is -4.82. The van der Waals surface area contributed by atoms with Crippen LogP contribution in [-0.2, 0) is 11.4 Å². The van der Waals surface area contributed by atoms with Crippen LogP contribution >= 0.6 is 11.6 Å².